The molecular formula is C13H17N3O6. The molecule has 0 N–H and O–H groups in total. The molecule has 1 aliphatic carbocycles. The van der Waals surface area contributed by atoms with Crippen LogP contribution >= 0.6 is 0 Å². The number of likely N-dealkylation sites (tertiary alicyclic amines) is 1. The van der Waals surface area contributed by atoms with Gasteiger partial charge in [-0.15, -0.1) is 0 Å². The Bertz CT molecular complexity index is 603. The molecular weight excluding hydrogens is 294 g/mol. The highest BCUT2D eigenvalue weighted by molar-refractivity contribution is 5.99. The number of carbonyl (C=O) groups excluding carboxylic acids is 2. The van der Waals surface area contributed by atoms with E-state index < -0.39 is 44.3 Å². The maximum absolute atomic E-state index is 12.3. The average molecular weight is 311 g/mol. The Morgan fingerprint density at radius 1 is 1.36 bits per heavy atom. The largest absolute Gasteiger partial charge is 0.306 e. The van der Waals surface area contributed by atoms with Crippen molar-refractivity contribution in [1.82, 2.24) is 4.90 Å². The zero-order chi connectivity index (χ0) is 16.9. The summed E-state index contributed by atoms with van der Waals surface area (Å²) in [5.74, 6) is -3.48. The molecule has 22 heavy (non-hydrogen) atoms. The van der Waals surface area contributed by atoms with Crippen molar-refractivity contribution in [3.63, 3.8) is 0 Å². The lowest BCUT2D eigenvalue weighted by Gasteiger charge is -2.48. The van der Waals surface area contributed by atoms with E-state index in [1.165, 1.54) is 25.8 Å². The third-order valence-corrected chi connectivity index (χ3v) is 4.84. The summed E-state index contributed by atoms with van der Waals surface area (Å²) in [5, 5.41) is 23.5. The molecule has 1 heterocycles. The minimum absolute atomic E-state index is 0.0817. The first-order valence-corrected chi connectivity index (χ1v) is 6.81. The second kappa shape index (κ2) is 4.94. The van der Waals surface area contributed by atoms with E-state index in [-0.39, 0.29) is 13.1 Å². The van der Waals surface area contributed by atoms with Gasteiger partial charge in [-0.3, -0.25) is 34.7 Å². The molecule has 1 fully saturated rings. The van der Waals surface area contributed by atoms with Crippen LogP contribution in [0.3, 0.4) is 0 Å². The van der Waals surface area contributed by atoms with Crippen molar-refractivity contribution in [1.29, 1.82) is 0 Å². The van der Waals surface area contributed by atoms with Gasteiger partial charge in [0.2, 0.25) is 5.78 Å². The number of carbonyl (C=O) groups is 2. The fourth-order valence-electron chi connectivity index (χ4n) is 3.84. The second-order valence-corrected chi connectivity index (χ2v) is 6.18. The number of piperidine rings is 1. The Morgan fingerprint density at radius 2 is 1.95 bits per heavy atom. The molecule has 2 rings (SSSR count). The van der Waals surface area contributed by atoms with Crippen molar-refractivity contribution in [3.05, 3.63) is 32.4 Å². The molecule has 1 aliphatic heterocycles. The van der Waals surface area contributed by atoms with Gasteiger partial charge in [0, 0.05) is 15.8 Å². The van der Waals surface area contributed by atoms with E-state index in [0.29, 0.717) is 0 Å². The summed E-state index contributed by atoms with van der Waals surface area (Å²) < 4.78 is 0. The molecule has 0 amide bonds. The predicted molar refractivity (Wildman–Crippen MR) is 74.4 cm³/mol. The van der Waals surface area contributed by atoms with Crippen LogP contribution in [0.5, 0.6) is 0 Å². The Morgan fingerprint density at radius 3 is 2.41 bits per heavy atom. The first-order valence-electron chi connectivity index (χ1n) is 6.81. The van der Waals surface area contributed by atoms with Crippen LogP contribution in [0.2, 0.25) is 0 Å². The Kier molecular flexibility index (Phi) is 3.64. The number of rotatable bonds is 4. The lowest BCUT2D eigenvalue weighted by atomic mass is 9.58. The molecule has 1 saturated heterocycles. The highest BCUT2D eigenvalue weighted by Crippen LogP contribution is 2.47. The van der Waals surface area contributed by atoms with Gasteiger partial charge in [0.15, 0.2) is 0 Å². The van der Waals surface area contributed by atoms with Gasteiger partial charge in [-0.05, 0) is 26.1 Å². The molecule has 4 atom stereocenters. The van der Waals surface area contributed by atoms with Crippen LogP contribution in [0, 0.1) is 32.1 Å². The van der Waals surface area contributed by atoms with E-state index in [2.05, 4.69) is 0 Å². The van der Waals surface area contributed by atoms with Crippen LogP contribution in [0.25, 0.3) is 0 Å². The van der Waals surface area contributed by atoms with Crippen LogP contribution in [0.4, 0.5) is 0 Å². The van der Waals surface area contributed by atoms with Crippen molar-refractivity contribution >= 4 is 11.6 Å². The minimum Gasteiger partial charge on any atom is -0.300 e. The molecule has 0 radical (unpaired) electrons. The van der Waals surface area contributed by atoms with E-state index >= 15 is 0 Å². The minimum atomic E-state index is -2.17. The number of ketones is 2. The molecule has 0 aromatic carbocycles. The van der Waals surface area contributed by atoms with Crippen molar-refractivity contribution in [2.24, 2.45) is 11.8 Å². The monoisotopic (exact) mass is 311 g/mol. The standard InChI is InChI=1S/C13H17N3O6/c1-8(9(2)17)11-12(15(19)20)5-4-10(18)13(11,16(21)22)7-14(3)6-12/h4-5,8,11H,6-7H2,1-3H3. The number of hydrogen-bond acceptors (Lipinski definition) is 7. The van der Waals surface area contributed by atoms with Gasteiger partial charge >= 0.3 is 5.54 Å². The van der Waals surface area contributed by atoms with Gasteiger partial charge in [-0.1, -0.05) is 6.92 Å². The maximum atomic E-state index is 12.3. The number of Topliss-reactive ketones (excluding diaryl/α,β-unsaturated/α-hetero) is 1. The van der Waals surface area contributed by atoms with Crippen LogP contribution in [-0.4, -0.2) is 57.5 Å². The van der Waals surface area contributed by atoms with E-state index in [1.807, 2.05) is 0 Å². The number of likely N-dealkylation sites (N-methyl/N-ethyl adjacent to an activating group) is 1. The van der Waals surface area contributed by atoms with E-state index in [4.69, 9.17) is 0 Å². The zero-order valence-electron chi connectivity index (χ0n) is 12.5. The molecule has 120 valence electrons. The molecule has 9 nitrogen and oxygen atoms in total. The Balaban J connectivity index is 2.79. The number of fused-ring (bicyclic) bond motifs is 2. The molecule has 0 aromatic rings. The molecule has 9 heteroatoms. The predicted octanol–water partition coefficient (Wildman–Crippen LogP) is -0.0570. The highest BCUT2D eigenvalue weighted by atomic mass is 16.6. The SMILES string of the molecule is CC(=O)C(C)C1C2([N+](=O)[O-])C=CC(=O)C1([N+](=O)[O-])CN(C)C2. The average Bonchev–Trinajstić information content (AvgIpc) is 2.41. The summed E-state index contributed by atoms with van der Waals surface area (Å²) in [7, 11) is 1.50. The van der Waals surface area contributed by atoms with Crippen LogP contribution in [0.1, 0.15) is 13.8 Å². The van der Waals surface area contributed by atoms with Crippen molar-refractivity contribution in [3.8, 4) is 0 Å². The lowest BCUT2D eigenvalue weighted by molar-refractivity contribution is -0.625. The Labute approximate surface area is 126 Å². The number of nitro groups is 2. The van der Waals surface area contributed by atoms with Crippen LogP contribution < -0.4 is 0 Å². The first-order chi connectivity index (χ1) is 10.1. The fourth-order valence-corrected chi connectivity index (χ4v) is 3.84. The molecule has 0 saturated carbocycles. The van der Waals surface area contributed by atoms with E-state index in [0.717, 1.165) is 12.2 Å². The van der Waals surface area contributed by atoms with Crippen LogP contribution in [0.15, 0.2) is 12.2 Å². The fraction of sp³-hybridized carbons (Fsp3) is 0.692. The summed E-state index contributed by atoms with van der Waals surface area (Å²) in [6.07, 6.45) is 2.05. The molecule has 0 spiro atoms. The maximum Gasteiger partial charge on any atom is 0.306 e. The smallest absolute Gasteiger partial charge is 0.300 e. The molecule has 0 aromatic heterocycles. The summed E-state index contributed by atoms with van der Waals surface area (Å²) >= 11 is 0. The number of nitrogens with zero attached hydrogens (tertiary/aromatic N) is 3. The van der Waals surface area contributed by atoms with Gasteiger partial charge < -0.3 is 0 Å². The van der Waals surface area contributed by atoms with E-state index in [1.54, 1.807) is 0 Å². The third kappa shape index (κ3) is 1.88. The molecule has 4 unspecified atom stereocenters. The summed E-state index contributed by atoms with van der Waals surface area (Å²) in [5.41, 5.74) is -3.99. The van der Waals surface area contributed by atoms with Crippen molar-refractivity contribution in [2.45, 2.75) is 24.9 Å². The third-order valence-electron chi connectivity index (χ3n) is 4.84. The zero-order valence-corrected chi connectivity index (χ0v) is 12.5. The first kappa shape index (κ1) is 16.2. The quantitative estimate of drug-likeness (QED) is 0.526. The lowest BCUT2D eigenvalue weighted by Crippen LogP contribution is -2.76. The van der Waals surface area contributed by atoms with Crippen molar-refractivity contribution in [2.75, 3.05) is 20.1 Å². The van der Waals surface area contributed by atoms with Gasteiger partial charge in [0.1, 0.15) is 11.7 Å². The van der Waals surface area contributed by atoms with Gasteiger partial charge in [-0.2, -0.15) is 0 Å². The van der Waals surface area contributed by atoms with Gasteiger partial charge in [0.05, 0.1) is 13.1 Å². The topological polar surface area (TPSA) is 124 Å². The highest BCUT2D eigenvalue weighted by Gasteiger charge is 2.75. The van der Waals surface area contributed by atoms with Gasteiger partial charge in [-0.25, -0.2) is 0 Å². The number of hydrogen-bond donors (Lipinski definition) is 0. The second-order valence-electron chi connectivity index (χ2n) is 6.18. The molecule has 2 aliphatic rings. The van der Waals surface area contributed by atoms with Crippen LogP contribution in [-0.2, 0) is 9.59 Å². The summed E-state index contributed by atoms with van der Waals surface area (Å²) in [4.78, 5) is 47.6. The summed E-state index contributed by atoms with van der Waals surface area (Å²) in [6, 6.07) is 0. The van der Waals surface area contributed by atoms with Crippen molar-refractivity contribution < 1.29 is 19.4 Å². The van der Waals surface area contributed by atoms with Gasteiger partial charge in [0.25, 0.3) is 5.54 Å². The van der Waals surface area contributed by atoms with E-state index in [9.17, 15) is 29.8 Å². The Hall–Kier alpha value is -2.16. The molecule has 2 bridgehead atoms. The summed E-state index contributed by atoms with van der Waals surface area (Å²) in [6.45, 7) is 2.32. The normalized spacial score (nSPS) is 36.0.